The summed E-state index contributed by atoms with van der Waals surface area (Å²) in [5.41, 5.74) is 1.30. The van der Waals surface area contributed by atoms with Crippen LogP contribution in [0.3, 0.4) is 0 Å². The van der Waals surface area contributed by atoms with Crippen LogP contribution in [0.15, 0.2) is 63.0 Å². The highest BCUT2D eigenvalue weighted by Crippen LogP contribution is 2.25. The van der Waals surface area contributed by atoms with Gasteiger partial charge < -0.3 is 9.40 Å². The molecule has 0 unspecified atom stereocenters. The normalized spacial score (nSPS) is 11.1. The fourth-order valence-electron chi connectivity index (χ4n) is 2.31. The molecule has 4 aromatic rings. The quantitative estimate of drug-likeness (QED) is 0.548. The van der Waals surface area contributed by atoms with Crippen molar-refractivity contribution < 1.29 is 4.42 Å². The van der Waals surface area contributed by atoms with Gasteiger partial charge in [0.15, 0.2) is 0 Å². The summed E-state index contributed by atoms with van der Waals surface area (Å²) >= 11 is 7.18. The second kappa shape index (κ2) is 6.70. The topological polar surface area (TPSA) is 84.7 Å². The van der Waals surface area contributed by atoms with E-state index in [0.717, 1.165) is 5.56 Å². The van der Waals surface area contributed by atoms with Crippen molar-refractivity contribution in [3.8, 4) is 11.5 Å². The molecule has 124 valence electrons. The van der Waals surface area contributed by atoms with Crippen LogP contribution in [0.25, 0.3) is 22.4 Å². The van der Waals surface area contributed by atoms with Gasteiger partial charge in [-0.1, -0.05) is 35.5 Å². The number of thioether (sulfide) groups is 1. The molecule has 0 saturated carbocycles. The molecule has 2 heterocycles. The third-order valence-corrected chi connectivity index (χ3v) is 4.57. The summed E-state index contributed by atoms with van der Waals surface area (Å²) in [6.07, 6.45) is 0. The van der Waals surface area contributed by atoms with Crippen LogP contribution in [0.5, 0.6) is 0 Å². The predicted molar refractivity (Wildman–Crippen MR) is 96.7 cm³/mol. The number of hydrogen-bond acceptors (Lipinski definition) is 6. The molecule has 0 fully saturated rings. The number of nitrogens with zero attached hydrogens (tertiary/aromatic N) is 3. The van der Waals surface area contributed by atoms with E-state index in [1.54, 1.807) is 18.2 Å². The van der Waals surface area contributed by atoms with E-state index >= 15 is 0 Å². The number of aromatic amines is 1. The Balaban J connectivity index is 1.52. The first kappa shape index (κ1) is 15.9. The lowest BCUT2D eigenvalue weighted by atomic mass is 10.2. The van der Waals surface area contributed by atoms with Crippen molar-refractivity contribution >= 4 is 34.3 Å². The number of nitrogens with one attached hydrogen (secondary N) is 1. The van der Waals surface area contributed by atoms with Crippen LogP contribution in [0, 0.1) is 0 Å². The smallest absolute Gasteiger partial charge is 0.277 e. The minimum Gasteiger partial charge on any atom is -0.411 e. The number of benzene rings is 2. The molecule has 6 nitrogen and oxygen atoms in total. The monoisotopic (exact) mass is 370 g/mol. The van der Waals surface area contributed by atoms with E-state index in [1.807, 2.05) is 30.3 Å². The molecule has 0 aliphatic heterocycles. The highest BCUT2D eigenvalue weighted by Gasteiger charge is 2.10. The zero-order valence-electron chi connectivity index (χ0n) is 12.8. The van der Waals surface area contributed by atoms with Gasteiger partial charge in [0.2, 0.25) is 5.89 Å². The summed E-state index contributed by atoms with van der Waals surface area (Å²) in [4.78, 5) is 19.3. The van der Waals surface area contributed by atoms with E-state index < -0.39 is 0 Å². The minimum atomic E-state index is -0.159. The van der Waals surface area contributed by atoms with E-state index in [-0.39, 0.29) is 5.56 Å². The van der Waals surface area contributed by atoms with Crippen molar-refractivity contribution in [3.63, 3.8) is 0 Å². The number of halogens is 1. The second-order valence-electron chi connectivity index (χ2n) is 5.20. The standard InChI is InChI=1S/C17H11ClN4O2S/c18-11-7-5-10(6-8-11)16-21-22-17(24-16)25-9-14-19-13-4-2-1-3-12(13)15(23)20-14/h1-8H,9H2,(H,19,20,23). The van der Waals surface area contributed by atoms with Gasteiger partial charge in [0.25, 0.3) is 10.8 Å². The Labute approximate surface area is 151 Å². The van der Waals surface area contributed by atoms with Gasteiger partial charge in [-0.25, -0.2) is 4.98 Å². The van der Waals surface area contributed by atoms with Gasteiger partial charge in [0.05, 0.1) is 16.7 Å². The van der Waals surface area contributed by atoms with Gasteiger partial charge in [0.1, 0.15) is 5.82 Å². The minimum absolute atomic E-state index is 0.159. The molecule has 0 spiro atoms. The number of aromatic nitrogens is 4. The Bertz CT molecular complexity index is 1090. The summed E-state index contributed by atoms with van der Waals surface area (Å²) in [6, 6.07) is 14.4. The van der Waals surface area contributed by atoms with E-state index in [2.05, 4.69) is 20.2 Å². The van der Waals surface area contributed by atoms with Gasteiger partial charge >= 0.3 is 0 Å². The Hall–Kier alpha value is -2.64. The molecular weight excluding hydrogens is 360 g/mol. The molecule has 8 heteroatoms. The van der Waals surface area contributed by atoms with Crippen LogP contribution in [0.2, 0.25) is 5.02 Å². The number of fused-ring (bicyclic) bond motifs is 1. The lowest BCUT2D eigenvalue weighted by Gasteiger charge is -2.01. The average Bonchev–Trinajstić information content (AvgIpc) is 3.10. The lowest BCUT2D eigenvalue weighted by molar-refractivity contribution is 0.465. The Morgan fingerprint density at radius 2 is 1.88 bits per heavy atom. The summed E-state index contributed by atoms with van der Waals surface area (Å²) < 4.78 is 5.63. The molecule has 0 radical (unpaired) electrons. The van der Waals surface area contributed by atoms with Gasteiger partial charge in [0, 0.05) is 10.6 Å². The molecule has 25 heavy (non-hydrogen) atoms. The molecule has 2 aromatic heterocycles. The van der Waals surface area contributed by atoms with Crippen molar-refractivity contribution in [2.24, 2.45) is 0 Å². The summed E-state index contributed by atoms with van der Waals surface area (Å²) in [5.74, 6) is 1.39. The molecule has 0 aliphatic carbocycles. The first-order chi connectivity index (χ1) is 12.2. The van der Waals surface area contributed by atoms with E-state index in [9.17, 15) is 4.79 Å². The SMILES string of the molecule is O=c1[nH]c(CSc2nnc(-c3ccc(Cl)cc3)o2)nc2ccccc12. The Morgan fingerprint density at radius 3 is 2.72 bits per heavy atom. The fourth-order valence-corrected chi connectivity index (χ4v) is 3.07. The maximum atomic E-state index is 12.1. The molecule has 0 aliphatic rings. The van der Waals surface area contributed by atoms with Crippen LogP contribution >= 0.6 is 23.4 Å². The highest BCUT2D eigenvalue weighted by molar-refractivity contribution is 7.98. The zero-order valence-corrected chi connectivity index (χ0v) is 14.3. The Kier molecular flexibility index (Phi) is 4.25. The number of rotatable bonds is 4. The molecule has 0 saturated heterocycles. The zero-order chi connectivity index (χ0) is 17.2. The Morgan fingerprint density at radius 1 is 1.08 bits per heavy atom. The van der Waals surface area contributed by atoms with Crippen LogP contribution in [0.1, 0.15) is 5.82 Å². The van der Waals surface area contributed by atoms with Crippen molar-refractivity contribution in [2.45, 2.75) is 11.0 Å². The fraction of sp³-hybridized carbons (Fsp3) is 0.0588. The van der Waals surface area contributed by atoms with Crippen LogP contribution in [0.4, 0.5) is 0 Å². The van der Waals surface area contributed by atoms with E-state index in [0.29, 0.717) is 38.6 Å². The molecule has 0 atom stereocenters. The third kappa shape index (κ3) is 3.42. The van der Waals surface area contributed by atoms with E-state index in [4.69, 9.17) is 16.0 Å². The molecule has 2 aromatic carbocycles. The largest absolute Gasteiger partial charge is 0.411 e. The van der Waals surface area contributed by atoms with Gasteiger partial charge in [-0.3, -0.25) is 4.79 Å². The second-order valence-corrected chi connectivity index (χ2v) is 6.56. The number of para-hydroxylation sites is 1. The van der Waals surface area contributed by atoms with Crippen molar-refractivity contribution in [3.05, 3.63) is 69.7 Å². The van der Waals surface area contributed by atoms with Gasteiger partial charge in [-0.2, -0.15) is 0 Å². The molecule has 0 amide bonds. The number of hydrogen-bond donors (Lipinski definition) is 1. The van der Waals surface area contributed by atoms with Crippen molar-refractivity contribution in [2.75, 3.05) is 0 Å². The summed E-state index contributed by atoms with van der Waals surface area (Å²) in [5, 5.41) is 9.65. The first-order valence-corrected chi connectivity index (χ1v) is 8.75. The van der Waals surface area contributed by atoms with Crippen molar-refractivity contribution in [1.29, 1.82) is 0 Å². The predicted octanol–water partition coefficient (Wildman–Crippen LogP) is 3.92. The number of H-pyrrole nitrogens is 1. The third-order valence-electron chi connectivity index (χ3n) is 3.49. The maximum absolute atomic E-state index is 12.1. The van der Waals surface area contributed by atoms with Crippen molar-refractivity contribution in [1.82, 2.24) is 20.2 Å². The molecule has 4 rings (SSSR count). The lowest BCUT2D eigenvalue weighted by Crippen LogP contribution is -2.11. The first-order valence-electron chi connectivity index (χ1n) is 7.39. The van der Waals surface area contributed by atoms with Gasteiger partial charge in [-0.05, 0) is 36.4 Å². The summed E-state index contributed by atoms with van der Waals surface area (Å²) in [6.45, 7) is 0. The maximum Gasteiger partial charge on any atom is 0.277 e. The summed E-state index contributed by atoms with van der Waals surface area (Å²) in [7, 11) is 0. The van der Waals surface area contributed by atoms with E-state index in [1.165, 1.54) is 11.8 Å². The van der Waals surface area contributed by atoms with Gasteiger partial charge in [-0.15, -0.1) is 10.2 Å². The van der Waals surface area contributed by atoms with Crippen LogP contribution in [-0.2, 0) is 5.75 Å². The molecule has 0 bridgehead atoms. The van der Waals surface area contributed by atoms with Crippen LogP contribution in [-0.4, -0.2) is 20.2 Å². The van der Waals surface area contributed by atoms with Crippen LogP contribution < -0.4 is 5.56 Å². The average molecular weight is 371 g/mol. The molecule has 1 N–H and O–H groups in total. The highest BCUT2D eigenvalue weighted by atomic mass is 35.5. The molecular formula is C17H11ClN4O2S.